The molecular formula is C8H10Cl4. The van der Waals surface area contributed by atoms with E-state index in [4.69, 9.17) is 46.4 Å². The quantitative estimate of drug-likeness (QED) is 0.658. The van der Waals surface area contributed by atoms with Crippen LogP contribution < -0.4 is 0 Å². The van der Waals surface area contributed by atoms with Crippen molar-refractivity contribution in [3.05, 3.63) is 0 Å². The molecule has 0 aromatic heterocycles. The fourth-order valence-corrected chi connectivity index (χ4v) is 2.75. The van der Waals surface area contributed by atoms with E-state index in [2.05, 4.69) is 0 Å². The van der Waals surface area contributed by atoms with Gasteiger partial charge in [0.1, 0.15) is 8.67 Å². The Labute approximate surface area is 92.5 Å². The third kappa shape index (κ3) is 1.97. The topological polar surface area (TPSA) is 0 Å². The first-order valence-corrected chi connectivity index (χ1v) is 5.69. The molecule has 0 aromatic rings. The highest BCUT2D eigenvalue weighted by atomic mass is 35.5. The minimum Gasteiger partial charge on any atom is -0.101 e. The maximum Gasteiger partial charge on any atom is 0.121 e. The summed E-state index contributed by atoms with van der Waals surface area (Å²) in [7, 11) is 0. The first-order chi connectivity index (χ1) is 5.42. The average Bonchev–Trinajstić information content (AvgIpc) is 2.68. The van der Waals surface area contributed by atoms with Gasteiger partial charge in [-0.3, -0.25) is 0 Å². The maximum absolute atomic E-state index is 5.88. The van der Waals surface area contributed by atoms with E-state index in [9.17, 15) is 0 Å². The molecule has 0 radical (unpaired) electrons. The Kier molecular flexibility index (Phi) is 2.28. The molecule has 2 rings (SSSR count). The minimum absolute atomic E-state index is 0.434. The number of hydrogen-bond acceptors (Lipinski definition) is 0. The van der Waals surface area contributed by atoms with Crippen LogP contribution in [0.1, 0.15) is 25.7 Å². The molecule has 0 nitrogen and oxygen atoms in total. The van der Waals surface area contributed by atoms with Gasteiger partial charge in [0.15, 0.2) is 0 Å². The minimum atomic E-state index is -0.434. The van der Waals surface area contributed by atoms with E-state index in [0.29, 0.717) is 11.8 Å². The van der Waals surface area contributed by atoms with Gasteiger partial charge in [-0.25, -0.2) is 0 Å². The standard InChI is InChI=1S/C8H10Cl4/c9-7(10)3-5(7)1-2-6-4-8(6,11)12/h5-6H,1-4H2. The van der Waals surface area contributed by atoms with E-state index in [1.807, 2.05) is 0 Å². The Bertz CT molecular complexity index is 177. The van der Waals surface area contributed by atoms with Crippen LogP contribution in [0.2, 0.25) is 0 Å². The van der Waals surface area contributed by atoms with Crippen molar-refractivity contribution in [2.45, 2.75) is 34.3 Å². The summed E-state index contributed by atoms with van der Waals surface area (Å²) >= 11 is 23.5. The van der Waals surface area contributed by atoms with Crippen molar-refractivity contribution in [3.63, 3.8) is 0 Å². The highest BCUT2D eigenvalue weighted by Crippen LogP contribution is 2.60. The van der Waals surface area contributed by atoms with Gasteiger partial charge in [-0.05, 0) is 37.5 Å². The second-order valence-corrected chi connectivity index (χ2v) is 6.99. The summed E-state index contributed by atoms with van der Waals surface area (Å²) in [6.07, 6.45) is 4.00. The predicted octanol–water partition coefficient (Wildman–Crippen LogP) is 4.15. The van der Waals surface area contributed by atoms with Crippen LogP contribution in [0.4, 0.5) is 0 Å². The van der Waals surface area contributed by atoms with Crippen molar-refractivity contribution >= 4 is 46.4 Å². The lowest BCUT2D eigenvalue weighted by molar-refractivity contribution is 0.607. The van der Waals surface area contributed by atoms with Gasteiger partial charge in [0.25, 0.3) is 0 Å². The van der Waals surface area contributed by atoms with E-state index in [-0.39, 0.29) is 0 Å². The first-order valence-electron chi connectivity index (χ1n) is 4.17. The number of alkyl halides is 4. The van der Waals surface area contributed by atoms with Gasteiger partial charge >= 0.3 is 0 Å². The molecule has 2 atom stereocenters. The lowest BCUT2D eigenvalue weighted by atomic mass is 10.1. The molecule has 0 aliphatic heterocycles. The van der Waals surface area contributed by atoms with Crippen LogP contribution in [0.25, 0.3) is 0 Å². The molecule has 70 valence electrons. The SMILES string of the molecule is ClC1(Cl)CC1CCC1CC1(Cl)Cl. The van der Waals surface area contributed by atoms with Crippen molar-refractivity contribution in [1.29, 1.82) is 0 Å². The van der Waals surface area contributed by atoms with Gasteiger partial charge in [-0.1, -0.05) is 0 Å². The third-order valence-corrected chi connectivity index (χ3v) is 4.63. The molecule has 0 heterocycles. The number of hydrogen-bond donors (Lipinski definition) is 0. The van der Waals surface area contributed by atoms with Crippen LogP contribution in [0.15, 0.2) is 0 Å². The largest absolute Gasteiger partial charge is 0.121 e. The van der Waals surface area contributed by atoms with Crippen LogP contribution in [0, 0.1) is 11.8 Å². The highest BCUT2D eigenvalue weighted by molar-refractivity contribution is 6.51. The van der Waals surface area contributed by atoms with Gasteiger partial charge in [0.05, 0.1) is 0 Å². The second kappa shape index (κ2) is 2.82. The molecule has 2 aliphatic rings. The molecule has 12 heavy (non-hydrogen) atoms. The molecule has 2 saturated carbocycles. The molecule has 2 aliphatic carbocycles. The highest BCUT2D eigenvalue weighted by Gasteiger charge is 2.55. The molecule has 0 N–H and O–H groups in total. The molecule has 0 amide bonds. The van der Waals surface area contributed by atoms with Crippen LogP contribution in [-0.2, 0) is 0 Å². The van der Waals surface area contributed by atoms with E-state index in [1.54, 1.807) is 0 Å². The van der Waals surface area contributed by atoms with Gasteiger partial charge in [-0.2, -0.15) is 0 Å². The predicted molar refractivity (Wildman–Crippen MR) is 54.3 cm³/mol. The third-order valence-electron chi connectivity index (χ3n) is 2.78. The fourth-order valence-electron chi connectivity index (χ4n) is 1.57. The van der Waals surface area contributed by atoms with E-state index in [0.717, 1.165) is 25.7 Å². The van der Waals surface area contributed by atoms with Crippen molar-refractivity contribution in [1.82, 2.24) is 0 Å². The lowest BCUT2D eigenvalue weighted by Gasteiger charge is -2.00. The maximum atomic E-state index is 5.88. The number of rotatable bonds is 3. The summed E-state index contributed by atoms with van der Waals surface area (Å²) in [5, 5.41) is 0. The van der Waals surface area contributed by atoms with Crippen LogP contribution in [-0.4, -0.2) is 8.67 Å². The Balaban J connectivity index is 1.66. The van der Waals surface area contributed by atoms with Crippen molar-refractivity contribution in [2.24, 2.45) is 11.8 Å². The average molecular weight is 248 g/mol. The Morgan fingerprint density at radius 3 is 1.25 bits per heavy atom. The molecular weight excluding hydrogens is 238 g/mol. The van der Waals surface area contributed by atoms with Crippen LogP contribution in [0.5, 0.6) is 0 Å². The summed E-state index contributed by atoms with van der Waals surface area (Å²) in [5.41, 5.74) is 0. The molecule has 0 saturated heterocycles. The monoisotopic (exact) mass is 246 g/mol. The van der Waals surface area contributed by atoms with Crippen LogP contribution in [0.3, 0.4) is 0 Å². The van der Waals surface area contributed by atoms with E-state index in [1.165, 1.54) is 0 Å². The Morgan fingerprint density at radius 1 is 0.833 bits per heavy atom. The molecule has 0 aromatic carbocycles. The van der Waals surface area contributed by atoms with Crippen LogP contribution >= 0.6 is 46.4 Å². The summed E-state index contributed by atoms with van der Waals surface area (Å²) < 4.78 is -0.869. The van der Waals surface area contributed by atoms with E-state index < -0.39 is 8.67 Å². The molecule has 2 fully saturated rings. The zero-order valence-corrected chi connectivity index (χ0v) is 9.52. The zero-order chi connectivity index (χ0) is 8.98. The summed E-state index contributed by atoms with van der Waals surface area (Å²) in [5.74, 6) is 0.955. The number of halogens is 4. The zero-order valence-electron chi connectivity index (χ0n) is 6.49. The summed E-state index contributed by atoms with van der Waals surface area (Å²) in [6.45, 7) is 0. The summed E-state index contributed by atoms with van der Waals surface area (Å²) in [4.78, 5) is 0. The van der Waals surface area contributed by atoms with Crippen molar-refractivity contribution in [3.8, 4) is 0 Å². The first kappa shape index (κ1) is 9.71. The second-order valence-electron chi connectivity index (χ2n) is 3.90. The fraction of sp³-hybridized carbons (Fsp3) is 1.00. The Morgan fingerprint density at radius 2 is 1.08 bits per heavy atom. The molecule has 0 bridgehead atoms. The van der Waals surface area contributed by atoms with E-state index >= 15 is 0 Å². The van der Waals surface area contributed by atoms with Gasteiger partial charge < -0.3 is 0 Å². The lowest BCUT2D eigenvalue weighted by Crippen LogP contribution is -1.94. The molecule has 4 heteroatoms. The van der Waals surface area contributed by atoms with Gasteiger partial charge in [-0.15, -0.1) is 46.4 Å². The van der Waals surface area contributed by atoms with Crippen molar-refractivity contribution in [2.75, 3.05) is 0 Å². The normalized spacial score (nSPS) is 41.0. The Hall–Kier alpha value is 1.16. The van der Waals surface area contributed by atoms with Gasteiger partial charge in [0, 0.05) is 0 Å². The van der Waals surface area contributed by atoms with Gasteiger partial charge in [0.2, 0.25) is 0 Å². The molecule has 2 unspecified atom stereocenters. The van der Waals surface area contributed by atoms with Crippen molar-refractivity contribution < 1.29 is 0 Å². The smallest absolute Gasteiger partial charge is 0.101 e. The summed E-state index contributed by atoms with van der Waals surface area (Å²) in [6, 6.07) is 0. The molecule has 0 spiro atoms.